The van der Waals surface area contributed by atoms with Gasteiger partial charge in [-0.1, -0.05) is 294 Å². The minimum atomic E-state index is -0.110. The average molecular weight is 1360 g/mol. The van der Waals surface area contributed by atoms with Crippen LogP contribution >= 0.6 is 0 Å². The van der Waals surface area contributed by atoms with E-state index >= 15 is 0 Å². The first-order valence-corrected chi connectivity index (χ1v) is 37.7. The normalized spacial score (nSPS) is 13.4. The smallest absolute Gasteiger partial charge is 0.0468 e. The Morgan fingerprint density at radius 2 is 0.523 bits per heavy atom. The van der Waals surface area contributed by atoms with E-state index in [0.29, 0.717) is 0 Å². The topological polar surface area (TPSA) is 6.48 Å². The number of hydrogen-bond donors (Lipinski definition) is 0. The Bertz CT molecular complexity index is 6810. The summed E-state index contributed by atoms with van der Waals surface area (Å²) in [6.45, 7) is 11.7. The van der Waals surface area contributed by atoms with E-state index in [2.05, 4.69) is 390 Å². The first-order chi connectivity index (χ1) is 52.5. The van der Waals surface area contributed by atoms with Crippen LogP contribution in [0.2, 0.25) is 0 Å². The van der Waals surface area contributed by atoms with Gasteiger partial charge in [-0.25, -0.2) is 0 Å². The van der Waals surface area contributed by atoms with E-state index in [1.165, 1.54) is 193 Å². The van der Waals surface area contributed by atoms with Crippen LogP contribution in [-0.4, -0.2) is 0 Å². The molecule has 0 amide bonds. The van der Waals surface area contributed by atoms with E-state index in [4.69, 9.17) is 0 Å². The van der Waals surface area contributed by atoms with E-state index in [9.17, 15) is 0 Å². The van der Waals surface area contributed by atoms with Crippen LogP contribution in [-0.2, 0) is 10.8 Å². The molecule has 0 aliphatic heterocycles. The zero-order chi connectivity index (χ0) is 71.1. The third kappa shape index (κ3) is 9.06. The summed E-state index contributed by atoms with van der Waals surface area (Å²) in [5.41, 5.74) is 38.2. The predicted octanol–water partition coefficient (Wildman–Crippen LogP) is 29.3. The lowest BCUT2D eigenvalue weighted by atomic mass is 9.81. The van der Waals surface area contributed by atoms with E-state index in [-0.39, 0.29) is 10.8 Å². The van der Waals surface area contributed by atoms with Crippen molar-refractivity contribution in [2.45, 2.75) is 45.4 Å². The molecule has 0 saturated heterocycles. The Labute approximate surface area is 624 Å². The predicted molar refractivity (Wildman–Crippen MR) is 454 cm³/mol. The Kier molecular flexibility index (Phi) is 13.1. The molecule has 502 valence electrons. The Morgan fingerprint density at radius 1 is 0.196 bits per heavy atom. The summed E-state index contributed by atoms with van der Waals surface area (Å²) in [7, 11) is 0. The highest BCUT2D eigenvalue weighted by atomic mass is 15.1. The maximum Gasteiger partial charge on any atom is 0.0468 e. The molecule has 4 aliphatic rings. The van der Waals surface area contributed by atoms with Gasteiger partial charge in [0, 0.05) is 45.0 Å². The van der Waals surface area contributed by atoms with Gasteiger partial charge in [0.1, 0.15) is 0 Å². The van der Waals surface area contributed by atoms with Crippen molar-refractivity contribution in [1.82, 2.24) is 0 Å². The van der Waals surface area contributed by atoms with E-state index in [1.54, 1.807) is 0 Å². The molecule has 0 saturated carbocycles. The van der Waals surface area contributed by atoms with Crippen molar-refractivity contribution in [2.24, 2.45) is 0 Å². The number of nitrogens with zero attached hydrogens (tertiary/aromatic N) is 2. The van der Waals surface area contributed by atoms with Gasteiger partial charge in [-0.05, 0) is 279 Å². The van der Waals surface area contributed by atoms with E-state index < -0.39 is 0 Å². The van der Waals surface area contributed by atoms with Crippen LogP contribution < -0.4 is 9.80 Å². The third-order valence-electron chi connectivity index (χ3n) is 24.6. The molecule has 107 heavy (non-hydrogen) atoms. The molecule has 4 aliphatic carbocycles. The number of fused-ring (bicyclic) bond motifs is 15. The molecule has 18 aromatic rings. The Hall–Kier alpha value is -13.1. The van der Waals surface area contributed by atoms with Gasteiger partial charge in [0.15, 0.2) is 0 Å². The third-order valence-corrected chi connectivity index (χ3v) is 24.6. The fourth-order valence-electron chi connectivity index (χ4n) is 19.4. The summed E-state index contributed by atoms with van der Waals surface area (Å²) in [6.07, 6.45) is 0. The molecular formula is C105H72N2. The lowest BCUT2D eigenvalue weighted by molar-refractivity contribution is 0.660. The minimum Gasteiger partial charge on any atom is -0.310 e. The van der Waals surface area contributed by atoms with Crippen molar-refractivity contribution in [3.05, 3.63) is 374 Å². The molecule has 0 fully saturated rings. The molecule has 2 heteroatoms. The fraction of sp³-hybridized carbons (Fsp3) is 0.0667. The highest BCUT2D eigenvalue weighted by Gasteiger charge is 2.38. The van der Waals surface area contributed by atoms with Crippen LogP contribution in [0.1, 0.15) is 55.5 Å². The van der Waals surface area contributed by atoms with Gasteiger partial charge in [-0.15, -0.1) is 0 Å². The molecule has 2 nitrogen and oxygen atoms in total. The lowest BCUT2D eigenvalue weighted by Gasteiger charge is -2.29. The molecule has 0 atom stereocenters. The second kappa shape index (κ2) is 22.9. The molecule has 22 rings (SSSR count). The molecule has 0 radical (unpaired) electrons. The summed E-state index contributed by atoms with van der Waals surface area (Å²) in [6, 6.07) is 132. The number of aryl methyl sites for hydroxylation is 1. The summed E-state index contributed by atoms with van der Waals surface area (Å²) >= 11 is 0. The summed E-state index contributed by atoms with van der Waals surface area (Å²) < 4.78 is 0. The lowest BCUT2D eigenvalue weighted by Crippen LogP contribution is -2.14. The van der Waals surface area contributed by atoms with Crippen molar-refractivity contribution in [1.29, 1.82) is 0 Å². The van der Waals surface area contributed by atoms with Gasteiger partial charge >= 0.3 is 0 Å². The minimum absolute atomic E-state index is 0.104. The largest absolute Gasteiger partial charge is 0.310 e. The van der Waals surface area contributed by atoms with Gasteiger partial charge in [0.05, 0.1) is 0 Å². The SMILES string of the molecule is Cc1ccc(N(c2ccc(-c3ccc4c(c3)C(C)(C)c3ccccc3-4)cc2)c2ccc3c(-c4ccc5c6c(cccc46)-c4ccccc4-5)c4cc(N(c5ccc(-c6ccc7c(c6)C(C)(C)c6ccccc6-7)cc5)c5ccc6ccccc6c5)ccc4c(-c4ccc5c6c(cccc46)-c4ccccc4-5)c3c2)cc1. The highest BCUT2D eigenvalue weighted by molar-refractivity contribution is 6.30. The second-order valence-electron chi connectivity index (χ2n) is 31.1. The quantitative estimate of drug-likeness (QED) is 0.126. The van der Waals surface area contributed by atoms with Crippen LogP contribution in [0.15, 0.2) is 346 Å². The number of anilines is 6. The average Bonchev–Trinajstić information content (AvgIpc) is 1.66. The van der Waals surface area contributed by atoms with Crippen LogP contribution in [0.4, 0.5) is 34.1 Å². The van der Waals surface area contributed by atoms with Gasteiger partial charge in [0.25, 0.3) is 0 Å². The van der Waals surface area contributed by atoms with Crippen LogP contribution in [0, 0.1) is 6.92 Å². The second-order valence-corrected chi connectivity index (χ2v) is 31.1. The van der Waals surface area contributed by atoms with Gasteiger partial charge in [0.2, 0.25) is 0 Å². The van der Waals surface area contributed by atoms with Crippen LogP contribution in [0.5, 0.6) is 0 Å². The maximum atomic E-state index is 2.53. The molecule has 18 aromatic carbocycles. The molecule has 0 unspecified atom stereocenters. The monoisotopic (exact) mass is 1360 g/mol. The van der Waals surface area contributed by atoms with Crippen molar-refractivity contribution < 1.29 is 0 Å². The van der Waals surface area contributed by atoms with Crippen LogP contribution in [0.3, 0.4) is 0 Å². The van der Waals surface area contributed by atoms with Gasteiger partial charge in [-0.3, -0.25) is 0 Å². The standard InChI is InChI=1S/C105H72N2/c1-63-32-41-70(42-33-63)106(71-43-34-65(35-44-71)68-39-50-82-80-24-12-14-30-96(80)104(2,3)98(82)59-68)74-48-52-92-94(61-74)102(90-56-54-88-78-22-10-8-20-76(78)84-26-16-28-86(90)100(84)88)93-53-49-75(62-95(93)103(92)91-57-55-89-79-23-11-9-21-77(79)85-27-17-29-87(91)101(85)89)107(73-47-38-64-18-6-7-19-67(64)58-73)72-45-36-66(37-46-72)69-40-51-83-81-25-13-15-31-97(81)105(4,5)99(83)60-69/h6-62H,1-5H3. The van der Waals surface area contributed by atoms with Gasteiger partial charge in [-0.2, -0.15) is 0 Å². The Balaban J connectivity index is 0.791. The molecule has 0 heterocycles. The first-order valence-electron chi connectivity index (χ1n) is 37.7. The zero-order valence-electron chi connectivity index (χ0n) is 60.3. The van der Waals surface area contributed by atoms with Crippen molar-refractivity contribution in [3.63, 3.8) is 0 Å². The number of rotatable bonds is 10. The maximum absolute atomic E-state index is 2.53. The summed E-state index contributed by atoms with van der Waals surface area (Å²) in [5.74, 6) is 0. The Morgan fingerprint density at radius 3 is 0.991 bits per heavy atom. The zero-order valence-corrected chi connectivity index (χ0v) is 60.3. The first kappa shape index (κ1) is 61.3. The fourth-order valence-corrected chi connectivity index (χ4v) is 19.4. The van der Waals surface area contributed by atoms with Crippen LogP contribution in [0.25, 0.3) is 165 Å². The molecule has 0 aromatic heterocycles. The number of hydrogen-bond acceptors (Lipinski definition) is 2. The summed E-state index contributed by atoms with van der Waals surface area (Å²) in [5, 5.41) is 12.2. The van der Waals surface area contributed by atoms with Gasteiger partial charge < -0.3 is 9.80 Å². The molecule has 0 spiro atoms. The highest BCUT2D eigenvalue weighted by Crippen LogP contribution is 2.58. The van der Waals surface area contributed by atoms with E-state index in [1.807, 2.05) is 0 Å². The summed E-state index contributed by atoms with van der Waals surface area (Å²) in [4.78, 5) is 4.96. The molecule has 0 bridgehead atoms. The molecular weight excluding hydrogens is 1290 g/mol. The van der Waals surface area contributed by atoms with E-state index in [0.717, 1.165) is 34.1 Å². The van der Waals surface area contributed by atoms with Crippen molar-refractivity contribution in [3.8, 4) is 111 Å². The van der Waals surface area contributed by atoms with Crippen molar-refractivity contribution in [2.75, 3.05) is 9.80 Å². The number of benzene rings is 18. The molecule has 0 N–H and O–H groups in total. The van der Waals surface area contributed by atoms with Crippen molar-refractivity contribution >= 4 is 88.0 Å².